The van der Waals surface area contributed by atoms with Gasteiger partial charge in [0, 0.05) is 11.6 Å². The van der Waals surface area contributed by atoms with Crippen molar-refractivity contribution in [3.8, 4) is 11.1 Å². The van der Waals surface area contributed by atoms with E-state index in [0.717, 1.165) is 16.9 Å². The Morgan fingerprint density at radius 1 is 1.20 bits per heavy atom. The first-order valence-corrected chi connectivity index (χ1v) is 8.51. The molecule has 1 atom stereocenters. The lowest BCUT2D eigenvalue weighted by atomic mass is 10.1. The van der Waals surface area contributed by atoms with E-state index in [1.807, 2.05) is 36.4 Å². The van der Waals surface area contributed by atoms with Crippen molar-refractivity contribution in [3.05, 3.63) is 48.4 Å². The van der Waals surface area contributed by atoms with Gasteiger partial charge < -0.3 is 9.73 Å². The van der Waals surface area contributed by atoms with E-state index in [9.17, 15) is 8.42 Å². The third-order valence-electron chi connectivity index (χ3n) is 3.56. The molecule has 0 spiro atoms. The molecular formula is C15H17NO3S. The Hall–Kier alpha value is -1.59. The average molecular weight is 291 g/mol. The van der Waals surface area contributed by atoms with Gasteiger partial charge in [0.05, 0.1) is 24.3 Å². The molecule has 0 saturated carbocycles. The summed E-state index contributed by atoms with van der Waals surface area (Å²) in [6, 6.07) is 12.1. The highest BCUT2D eigenvalue weighted by Gasteiger charge is 2.27. The Morgan fingerprint density at radius 3 is 2.70 bits per heavy atom. The summed E-state index contributed by atoms with van der Waals surface area (Å²) in [5.74, 6) is 1.35. The lowest BCUT2D eigenvalue weighted by Gasteiger charge is -2.08. The van der Waals surface area contributed by atoms with Crippen LogP contribution in [0.3, 0.4) is 0 Å². The molecule has 4 nitrogen and oxygen atoms in total. The number of benzene rings is 1. The highest BCUT2D eigenvalue weighted by Crippen LogP contribution is 2.22. The van der Waals surface area contributed by atoms with Gasteiger partial charge in [0.15, 0.2) is 9.84 Å². The number of nitrogens with one attached hydrogen (secondary N) is 1. The average Bonchev–Trinajstić information content (AvgIpc) is 3.04. The molecule has 2 aromatic rings. The molecule has 1 aliphatic heterocycles. The molecule has 1 aromatic carbocycles. The maximum absolute atomic E-state index is 11.4. The predicted molar refractivity (Wildman–Crippen MR) is 78.0 cm³/mol. The van der Waals surface area contributed by atoms with Crippen molar-refractivity contribution in [2.24, 2.45) is 0 Å². The Balaban J connectivity index is 1.61. The van der Waals surface area contributed by atoms with Crippen LogP contribution in [0.1, 0.15) is 12.2 Å². The molecule has 0 radical (unpaired) electrons. The normalized spacial score (nSPS) is 21.1. The Kier molecular flexibility index (Phi) is 3.63. The predicted octanol–water partition coefficient (Wildman–Crippen LogP) is 2.22. The monoisotopic (exact) mass is 291 g/mol. The maximum Gasteiger partial charge on any atom is 0.151 e. The van der Waals surface area contributed by atoms with Crippen molar-refractivity contribution < 1.29 is 12.8 Å². The standard InChI is InChI=1S/C15H17NO3S/c17-20(18)7-6-14(11-20)16-9-15-8-13(10-19-15)12-4-2-1-3-5-12/h1-5,8,10,14,16H,6-7,9,11H2/t14-/m0/s1. The van der Waals surface area contributed by atoms with Gasteiger partial charge >= 0.3 is 0 Å². The second kappa shape index (κ2) is 5.42. The molecule has 106 valence electrons. The Bertz CT molecular complexity index is 676. The van der Waals surface area contributed by atoms with Crippen molar-refractivity contribution in [1.29, 1.82) is 0 Å². The molecule has 3 rings (SSSR count). The SMILES string of the molecule is O=S1(=O)CC[C@H](NCc2cc(-c3ccccc3)co2)C1. The summed E-state index contributed by atoms with van der Waals surface area (Å²) in [5, 5.41) is 3.25. The number of rotatable bonds is 4. The Morgan fingerprint density at radius 2 is 2.00 bits per heavy atom. The zero-order valence-corrected chi connectivity index (χ0v) is 11.9. The highest BCUT2D eigenvalue weighted by molar-refractivity contribution is 7.91. The van der Waals surface area contributed by atoms with E-state index in [2.05, 4.69) is 5.32 Å². The molecule has 2 heterocycles. The molecule has 0 unspecified atom stereocenters. The fraction of sp³-hybridized carbons (Fsp3) is 0.333. The molecule has 1 fully saturated rings. The fourth-order valence-corrected chi connectivity index (χ4v) is 4.16. The molecule has 1 aliphatic rings. The third kappa shape index (κ3) is 3.11. The number of hydrogen-bond acceptors (Lipinski definition) is 4. The van der Waals surface area contributed by atoms with Crippen molar-refractivity contribution in [3.63, 3.8) is 0 Å². The number of hydrogen-bond donors (Lipinski definition) is 1. The number of sulfone groups is 1. The van der Waals surface area contributed by atoms with E-state index in [0.29, 0.717) is 13.0 Å². The summed E-state index contributed by atoms with van der Waals surface area (Å²) in [5.41, 5.74) is 2.16. The molecule has 1 saturated heterocycles. The zero-order chi connectivity index (χ0) is 14.0. The summed E-state index contributed by atoms with van der Waals surface area (Å²) >= 11 is 0. The van der Waals surface area contributed by atoms with Crippen LogP contribution in [0.4, 0.5) is 0 Å². The first kappa shape index (κ1) is 13.4. The van der Waals surface area contributed by atoms with Crippen LogP contribution < -0.4 is 5.32 Å². The first-order chi connectivity index (χ1) is 9.62. The van der Waals surface area contributed by atoms with Crippen LogP contribution in [0.2, 0.25) is 0 Å². The fourth-order valence-electron chi connectivity index (χ4n) is 2.46. The molecule has 0 bridgehead atoms. The van der Waals surface area contributed by atoms with Crippen molar-refractivity contribution in [2.45, 2.75) is 19.0 Å². The quantitative estimate of drug-likeness (QED) is 0.938. The first-order valence-electron chi connectivity index (χ1n) is 6.69. The molecule has 1 aromatic heterocycles. The van der Waals surface area contributed by atoms with Gasteiger partial charge in [0.2, 0.25) is 0 Å². The zero-order valence-electron chi connectivity index (χ0n) is 11.1. The molecule has 0 amide bonds. The van der Waals surface area contributed by atoms with E-state index in [4.69, 9.17) is 4.42 Å². The summed E-state index contributed by atoms with van der Waals surface area (Å²) in [6.07, 6.45) is 2.42. The van der Waals surface area contributed by atoms with E-state index >= 15 is 0 Å². The van der Waals surface area contributed by atoms with Crippen LogP contribution in [0.15, 0.2) is 47.1 Å². The lowest BCUT2D eigenvalue weighted by molar-refractivity contribution is 0.457. The topological polar surface area (TPSA) is 59.3 Å². The van der Waals surface area contributed by atoms with Gasteiger partial charge in [-0.15, -0.1) is 0 Å². The smallest absolute Gasteiger partial charge is 0.151 e. The summed E-state index contributed by atoms with van der Waals surface area (Å²) in [4.78, 5) is 0. The second-order valence-corrected chi connectivity index (χ2v) is 7.38. The van der Waals surface area contributed by atoms with Gasteiger partial charge in [-0.05, 0) is 18.1 Å². The minimum Gasteiger partial charge on any atom is -0.467 e. The molecule has 0 aliphatic carbocycles. The van der Waals surface area contributed by atoms with Crippen molar-refractivity contribution in [1.82, 2.24) is 5.32 Å². The van der Waals surface area contributed by atoms with Gasteiger partial charge in [-0.2, -0.15) is 0 Å². The second-order valence-electron chi connectivity index (χ2n) is 5.15. The maximum atomic E-state index is 11.4. The van der Waals surface area contributed by atoms with Gasteiger partial charge in [-0.1, -0.05) is 30.3 Å². The summed E-state index contributed by atoms with van der Waals surface area (Å²) < 4.78 is 28.3. The van der Waals surface area contributed by atoms with Crippen molar-refractivity contribution in [2.75, 3.05) is 11.5 Å². The molecule has 20 heavy (non-hydrogen) atoms. The minimum atomic E-state index is -2.83. The molecular weight excluding hydrogens is 274 g/mol. The van der Waals surface area contributed by atoms with Crippen LogP contribution in [0.25, 0.3) is 11.1 Å². The van der Waals surface area contributed by atoms with Crippen LogP contribution in [-0.2, 0) is 16.4 Å². The van der Waals surface area contributed by atoms with Gasteiger partial charge in [0.25, 0.3) is 0 Å². The van der Waals surface area contributed by atoms with E-state index in [1.54, 1.807) is 6.26 Å². The van der Waals surface area contributed by atoms with Gasteiger partial charge in [-0.25, -0.2) is 8.42 Å². The summed E-state index contributed by atoms with van der Waals surface area (Å²) in [6.45, 7) is 0.563. The van der Waals surface area contributed by atoms with E-state index in [-0.39, 0.29) is 17.5 Å². The van der Waals surface area contributed by atoms with Crippen LogP contribution >= 0.6 is 0 Å². The largest absolute Gasteiger partial charge is 0.467 e. The van der Waals surface area contributed by atoms with Gasteiger partial charge in [-0.3, -0.25) is 0 Å². The van der Waals surface area contributed by atoms with Gasteiger partial charge in [0.1, 0.15) is 5.76 Å². The van der Waals surface area contributed by atoms with Crippen LogP contribution in [-0.4, -0.2) is 26.0 Å². The number of furan rings is 1. The third-order valence-corrected chi connectivity index (χ3v) is 5.33. The van der Waals surface area contributed by atoms with E-state index < -0.39 is 9.84 Å². The molecule has 5 heteroatoms. The molecule has 1 N–H and O–H groups in total. The highest BCUT2D eigenvalue weighted by atomic mass is 32.2. The van der Waals surface area contributed by atoms with Crippen molar-refractivity contribution >= 4 is 9.84 Å². The Labute approximate surface area is 118 Å². The van der Waals surface area contributed by atoms with E-state index in [1.165, 1.54) is 0 Å². The van der Waals surface area contributed by atoms with Crippen LogP contribution in [0, 0.1) is 0 Å². The lowest BCUT2D eigenvalue weighted by Crippen LogP contribution is -2.29. The summed E-state index contributed by atoms with van der Waals surface area (Å²) in [7, 11) is -2.83. The van der Waals surface area contributed by atoms with Crippen LogP contribution in [0.5, 0.6) is 0 Å². The minimum absolute atomic E-state index is 0.0466.